The lowest BCUT2D eigenvalue weighted by atomic mass is 9.85. The molecule has 36 heavy (non-hydrogen) atoms. The molecule has 1 aromatic heterocycles. The van der Waals surface area contributed by atoms with Crippen LogP contribution in [0.15, 0.2) is 41.4 Å². The van der Waals surface area contributed by atoms with Crippen LogP contribution in [0.3, 0.4) is 0 Å². The van der Waals surface area contributed by atoms with Crippen LogP contribution in [0.4, 0.5) is 13.2 Å². The van der Waals surface area contributed by atoms with Gasteiger partial charge in [0.15, 0.2) is 0 Å². The first-order valence-electron chi connectivity index (χ1n) is 11.6. The SMILES string of the molecule is CN1CCCC(c2cc3[nH]/c(=N/C(=O)c4cccc(C(F)(F)F)c4)[nH]c3cc2CCC(O)CO)C1=O. The van der Waals surface area contributed by atoms with Crippen LogP contribution in [-0.4, -0.2) is 63.2 Å². The van der Waals surface area contributed by atoms with Gasteiger partial charge >= 0.3 is 6.18 Å². The first-order chi connectivity index (χ1) is 17.1. The minimum atomic E-state index is -4.58. The van der Waals surface area contributed by atoms with E-state index in [0.29, 0.717) is 36.8 Å². The summed E-state index contributed by atoms with van der Waals surface area (Å²) in [4.78, 5) is 37.0. The third-order valence-corrected chi connectivity index (χ3v) is 6.43. The topological polar surface area (TPSA) is 122 Å². The van der Waals surface area contributed by atoms with E-state index in [4.69, 9.17) is 0 Å². The number of H-pyrrole nitrogens is 2. The number of aromatic amines is 2. The normalized spacial score (nSPS) is 18.2. The highest BCUT2D eigenvalue weighted by Gasteiger charge is 2.31. The van der Waals surface area contributed by atoms with Crippen LogP contribution in [0.2, 0.25) is 0 Å². The number of rotatable bonds is 6. The number of aryl methyl sites for hydroxylation is 1. The largest absolute Gasteiger partial charge is 0.416 e. The van der Waals surface area contributed by atoms with E-state index in [1.54, 1.807) is 18.0 Å². The molecule has 0 bridgehead atoms. The molecule has 4 rings (SSSR count). The fourth-order valence-electron chi connectivity index (χ4n) is 4.48. The van der Waals surface area contributed by atoms with Crippen molar-refractivity contribution < 1.29 is 33.0 Å². The van der Waals surface area contributed by atoms with Gasteiger partial charge in [0.2, 0.25) is 11.5 Å². The molecule has 0 aliphatic carbocycles. The standard InChI is InChI=1S/C25H27F3N4O4/c1-32-9-3-6-18(23(32)36)19-12-21-20(11-14(19)7-8-17(34)13-33)29-24(30-21)31-22(35)15-4-2-5-16(10-15)25(26,27)28/h2,4-5,10-12,17-18,33-34H,3,6-9,13H2,1H3,(H2,29,30,31,35). The van der Waals surface area contributed by atoms with E-state index in [-0.39, 0.29) is 29.6 Å². The van der Waals surface area contributed by atoms with Gasteiger partial charge in [-0.3, -0.25) is 9.59 Å². The number of fused-ring (bicyclic) bond motifs is 1. The average Bonchev–Trinajstić information content (AvgIpc) is 3.24. The van der Waals surface area contributed by atoms with Crippen LogP contribution in [-0.2, 0) is 17.4 Å². The van der Waals surface area contributed by atoms with Crippen molar-refractivity contribution in [3.05, 3.63) is 64.3 Å². The molecule has 2 heterocycles. The number of nitrogens with one attached hydrogen (secondary N) is 2. The van der Waals surface area contributed by atoms with Crippen molar-refractivity contribution in [2.24, 2.45) is 4.99 Å². The average molecular weight is 505 g/mol. The van der Waals surface area contributed by atoms with Crippen molar-refractivity contribution in [2.75, 3.05) is 20.2 Å². The minimum Gasteiger partial charge on any atom is -0.394 e. The summed E-state index contributed by atoms with van der Waals surface area (Å²) in [5.74, 6) is -1.23. The number of aliphatic hydroxyl groups excluding tert-OH is 2. The quantitative estimate of drug-likeness (QED) is 0.412. The molecular weight excluding hydrogens is 477 g/mol. The van der Waals surface area contributed by atoms with Crippen molar-refractivity contribution in [1.29, 1.82) is 0 Å². The Bertz CT molecular complexity index is 1350. The van der Waals surface area contributed by atoms with E-state index >= 15 is 0 Å². The number of nitrogens with zero attached hydrogens (tertiary/aromatic N) is 2. The number of halogens is 3. The number of benzene rings is 2. The van der Waals surface area contributed by atoms with Crippen molar-refractivity contribution in [3.63, 3.8) is 0 Å². The van der Waals surface area contributed by atoms with E-state index < -0.39 is 23.8 Å². The maximum Gasteiger partial charge on any atom is 0.416 e. The lowest BCUT2D eigenvalue weighted by Crippen LogP contribution is -2.37. The molecule has 2 aromatic carbocycles. The molecule has 3 aromatic rings. The van der Waals surface area contributed by atoms with Gasteiger partial charge in [-0.25, -0.2) is 0 Å². The van der Waals surface area contributed by atoms with Crippen LogP contribution < -0.4 is 5.62 Å². The van der Waals surface area contributed by atoms with Crippen molar-refractivity contribution in [2.45, 2.75) is 43.9 Å². The summed E-state index contributed by atoms with van der Waals surface area (Å²) < 4.78 is 39.0. The fourth-order valence-corrected chi connectivity index (χ4v) is 4.48. The minimum absolute atomic E-state index is 0.00951. The van der Waals surface area contributed by atoms with Crippen LogP contribution in [0.25, 0.3) is 11.0 Å². The Kier molecular flexibility index (Phi) is 7.32. The third-order valence-electron chi connectivity index (χ3n) is 6.43. The molecule has 2 unspecified atom stereocenters. The summed E-state index contributed by atoms with van der Waals surface area (Å²) >= 11 is 0. The number of alkyl halides is 3. The zero-order valence-corrected chi connectivity index (χ0v) is 19.6. The second-order valence-electron chi connectivity index (χ2n) is 9.02. The highest BCUT2D eigenvalue weighted by Crippen LogP contribution is 2.33. The third kappa shape index (κ3) is 5.52. The smallest absolute Gasteiger partial charge is 0.394 e. The zero-order chi connectivity index (χ0) is 26.0. The Morgan fingerprint density at radius 1 is 1.22 bits per heavy atom. The Hall–Kier alpha value is -3.44. The first-order valence-corrected chi connectivity index (χ1v) is 11.6. The predicted octanol–water partition coefficient (Wildman–Crippen LogP) is 2.88. The van der Waals surface area contributed by atoms with Gasteiger partial charge in [-0.15, -0.1) is 0 Å². The maximum absolute atomic E-state index is 13.0. The van der Waals surface area contributed by atoms with Crippen LogP contribution in [0.5, 0.6) is 0 Å². The number of aromatic nitrogens is 2. The van der Waals surface area contributed by atoms with E-state index in [9.17, 15) is 33.0 Å². The van der Waals surface area contributed by atoms with Crippen molar-refractivity contribution in [3.8, 4) is 0 Å². The number of amides is 2. The number of aliphatic hydroxyl groups is 2. The molecule has 1 saturated heterocycles. The Balaban J connectivity index is 1.72. The number of likely N-dealkylation sites (N-methyl/N-ethyl adjacent to an activating group) is 1. The lowest BCUT2D eigenvalue weighted by molar-refractivity contribution is -0.137. The van der Waals surface area contributed by atoms with E-state index in [2.05, 4.69) is 15.0 Å². The summed E-state index contributed by atoms with van der Waals surface area (Å²) in [6.45, 7) is 0.298. The number of likely N-dealkylation sites (tertiary alicyclic amines) is 1. The Morgan fingerprint density at radius 2 is 1.94 bits per heavy atom. The van der Waals surface area contributed by atoms with E-state index in [1.807, 2.05) is 6.07 Å². The molecule has 0 spiro atoms. The molecule has 2 amide bonds. The monoisotopic (exact) mass is 504 g/mol. The van der Waals surface area contributed by atoms with Gasteiger partial charge in [-0.2, -0.15) is 18.2 Å². The van der Waals surface area contributed by atoms with Crippen LogP contribution >= 0.6 is 0 Å². The lowest BCUT2D eigenvalue weighted by Gasteiger charge is -2.30. The highest BCUT2D eigenvalue weighted by molar-refractivity contribution is 5.95. The number of hydrogen-bond donors (Lipinski definition) is 4. The molecule has 192 valence electrons. The number of imidazole rings is 1. The van der Waals surface area contributed by atoms with E-state index in [0.717, 1.165) is 35.7 Å². The number of carbonyl (C=O) groups is 2. The first kappa shape index (κ1) is 25.6. The molecule has 1 aliphatic heterocycles. The second-order valence-corrected chi connectivity index (χ2v) is 9.02. The van der Waals surface area contributed by atoms with Crippen LogP contribution in [0.1, 0.15) is 52.2 Å². The zero-order valence-electron chi connectivity index (χ0n) is 19.6. The summed E-state index contributed by atoms with van der Waals surface area (Å²) in [6, 6.07) is 7.66. The summed E-state index contributed by atoms with van der Waals surface area (Å²) in [6.07, 6.45) is -3.27. The molecule has 2 atom stereocenters. The molecule has 0 saturated carbocycles. The van der Waals surface area contributed by atoms with Gasteiger partial charge in [0.05, 0.1) is 35.2 Å². The summed E-state index contributed by atoms with van der Waals surface area (Å²) in [5.41, 5.74) is 1.67. The highest BCUT2D eigenvalue weighted by atomic mass is 19.4. The molecule has 1 fully saturated rings. The second kappa shape index (κ2) is 10.3. The molecule has 1 aliphatic rings. The number of carbonyl (C=O) groups excluding carboxylic acids is 2. The molecule has 4 N–H and O–H groups in total. The summed E-state index contributed by atoms with van der Waals surface area (Å²) in [5, 5.41) is 19.0. The molecule has 0 radical (unpaired) electrons. The van der Waals surface area contributed by atoms with Crippen molar-refractivity contribution >= 4 is 22.8 Å². The van der Waals surface area contributed by atoms with Gasteiger partial charge in [0, 0.05) is 19.2 Å². The van der Waals surface area contributed by atoms with Gasteiger partial charge < -0.3 is 25.1 Å². The van der Waals surface area contributed by atoms with Crippen LogP contribution in [0, 0.1) is 0 Å². The van der Waals surface area contributed by atoms with Gasteiger partial charge in [0.25, 0.3) is 5.91 Å². The van der Waals surface area contributed by atoms with Crippen molar-refractivity contribution in [1.82, 2.24) is 14.9 Å². The van der Waals surface area contributed by atoms with E-state index in [1.165, 1.54) is 6.07 Å². The molecular formula is C25H27F3N4O4. The maximum atomic E-state index is 13.0. The molecule has 11 heteroatoms. The fraction of sp³-hybridized carbons (Fsp3) is 0.400. The number of piperidine rings is 1. The van der Waals surface area contributed by atoms with Gasteiger partial charge in [-0.05, 0) is 67.1 Å². The van der Waals surface area contributed by atoms with Gasteiger partial charge in [0.1, 0.15) is 0 Å². The van der Waals surface area contributed by atoms with Gasteiger partial charge in [-0.1, -0.05) is 6.07 Å². The Morgan fingerprint density at radius 3 is 2.64 bits per heavy atom. The summed E-state index contributed by atoms with van der Waals surface area (Å²) in [7, 11) is 1.75. The Labute approximate surface area is 204 Å². The predicted molar refractivity (Wildman–Crippen MR) is 125 cm³/mol. The number of hydrogen-bond acceptors (Lipinski definition) is 4. The molecule has 8 nitrogen and oxygen atoms in total.